The van der Waals surface area contributed by atoms with Gasteiger partial charge in [0.2, 0.25) is 0 Å². The fraction of sp³-hybridized carbons (Fsp3) is 0.231. The summed E-state index contributed by atoms with van der Waals surface area (Å²) in [4.78, 5) is 0. The molecule has 0 bridgehead atoms. The first-order valence-electron chi connectivity index (χ1n) is 6.22. The summed E-state index contributed by atoms with van der Waals surface area (Å²) < 4.78 is 1.83. The number of hydrogen-bond acceptors (Lipinski definition) is 3. The molecule has 1 aromatic carbocycles. The number of nitrogens with two attached hydrogens (primary N) is 1. The first-order valence-corrected chi connectivity index (χ1v) is 6.60. The van der Waals surface area contributed by atoms with Gasteiger partial charge in [-0.25, -0.2) is 4.68 Å². The van der Waals surface area contributed by atoms with Crippen molar-refractivity contribution in [2.24, 2.45) is 0 Å². The molecule has 0 aliphatic heterocycles. The van der Waals surface area contributed by atoms with Crippen molar-refractivity contribution in [1.29, 1.82) is 0 Å². The fourth-order valence-corrected chi connectivity index (χ4v) is 2.49. The molecule has 1 aliphatic carbocycles. The number of nitrogens with one attached hydrogen (secondary N) is 1. The molecule has 1 saturated carbocycles. The fourth-order valence-electron chi connectivity index (χ4n) is 2.36. The van der Waals surface area contributed by atoms with Gasteiger partial charge in [-0.05, 0) is 37.1 Å². The first kappa shape index (κ1) is 10.9. The Bertz CT molecular complexity index is 751. The molecule has 3 aromatic rings. The van der Waals surface area contributed by atoms with Crippen LogP contribution in [0.15, 0.2) is 24.3 Å². The number of aromatic nitrogens is 4. The second-order valence-electron chi connectivity index (χ2n) is 4.88. The highest BCUT2D eigenvalue weighted by atomic mass is 35.5. The second-order valence-corrected chi connectivity index (χ2v) is 5.32. The van der Waals surface area contributed by atoms with Crippen molar-refractivity contribution in [3.8, 4) is 5.69 Å². The van der Waals surface area contributed by atoms with Gasteiger partial charge in [0, 0.05) is 10.9 Å². The Balaban J connectivity index is 1.96. The number of halogens is 1. The molecule has 2 aromatic heterocycles. The minimum Gasteiger partial charge on any atom is -0.383 e. The van der Waals surface area contributed by atoms with E-state index in [9.17, 15) is 0 Å². The topological polar surface area (TPSA) is 72.5 Å². The molecule has 0 amide bonds. The Hall–Kier alpha value is -2.01. The van der Waals surface area contributed by atoms with Crippen LogP contribution in [0.25, 0.3) is 16.7 Å². The zero-order valence-electron chi connectivity index (χ0n) is 10.1. The summed E-state index contributed by atoms with van der Waals surface area (Å²) in [5.41, 5.74) is 8.73. The van der Waals surface area contributed by atoms with Gasteiger partial charge in [0.1, 0.15) is 5.82 Å². The summed E-state index contributed by atoms with van der Waals surface area (Å²) in [6.07, 6.45) is 2.36. The van der Waals surface area contributed by atoms with E-state index in [0.717, 1.165) is 22.4 Å². The van der Waals surface area contributed by atoms with Gasteiger partial charge >= 0.3 is 0 Å². The van der Waals surface area contributed by atoms with Crippen molar-refractivity contribution in [2.75, 3.05) is 5.73 Å². The Kier molecular flexibility index (Phi) is 2.14. The van der Waals surface area contributed by atoms with E-state index in [2.05, 4.69) is 15.3 Å². The van der Waals surface area contributed by atoms with Gasteiger partial charge in [-0.15, -0.1) is 0 Å². The normalized spacial score (nSPS) is 15.2. The number of anilines is 1. The summed E-state index contributed by atoms with van der Waals surface area (Å²) >= 11 is 5.92. The number of H-pyrrole nitrogens is 1. The minimum absolute atomic E-state index is 0.524. The zero-order chi connectivity index (χ0) is 13.0. The van der Waals surface area contributed by atoms with Gasteiger partial charge in [-0.2, -0.15) is 10.2 Å². The molecule has 19 heavy (non-hydrogen) atoms. The molecular weight excluding hydrogens is 262 g/mol. The Morgan fingerprint density at radius 3 is 2.68 bits per heavy atom. The van der Waals surface area contributed by atoms with Crippen molar-refractivity contribution < 1.29 is 0 Å². The predicted octanol–water partition coefficient (Wildman–Crippen LogP) is 2.86. The molecule has 1 aliphatic rings. The number of nitrogen functional groups attached to an aromatic ring is 1. The van der Waals surface area contributed by atoms with Crippen molar-refractivity contribution in [1.82, 2.24) is 20.0 Å². The van der Waals surface area contributed by atoms with Crippen LogP contribution < -0.4 is 5.73 Å². The SMILES string of the molecule is Nc1[nH]nc2c1c(C1CC1)nn2-c1ccc(Cl)cc1. The standard InChI is InChI=1S/C13H12ClN5/c14-8-3-5-9(6-4-8)19-13-10(12(15)16-17-13)11(18-19)7-1-2-7/h3-7H,1-2H2,(H3,15,16,17). The van der Waals surface area contributed by atoms with Crippen LogP contribution in [-0.4, -0.2) is 20.0 Å². The molecular formula is C13H12ClN5. The number of hydrogen-bond donors (Lipinski definition) is 2. The third-order valence-corrected chi connectivity index (χ3v) is 3.73. The van der Waals surface area contributed by atoms with E-state index in [1.165, 1.54) is 12.8 Å². The highest BCUT2D eigenvalue weighted by Crippen LogP contribution is 2.43. The van der Waals surface area contributed by atoms with E-state index in [-0.39, 0.29) is 0 Å². The predicted molar refractivity (Wildman–Crippen MR) is 74.6 cm³/mol. The van der Waals surface area contributed by atoms with Crippen LogP contribution in [0.4, 0.5) is 5.82 Å². The maximum atomic E-state index is 5.97. The number of aromatic amines is 1. The molecule has 0 unspecified atom stereocenters. The Morgan fingerprint density at radius 1 is 1.26 bits per heavy atom. The lowest BCUT2D eigenvalue weighted by atomic mass is 10.2. The lowest BCUT2D eigenvalue weighted by Crippen LogP contribution is -1.98. The maximum Gasteiger partial charge on any atom is 0.186 e. The van der Waals surface area contributed by atoms with Crippen LogP contribution in [0, 0.1) is 0 Å². The molecule has 3 N–H and O–H groups in total. The van der Waals surface area contributed by atoms with Gasteiger partial charge in [0.05, 0.1) is 16.8 Å². The molecule has 4 rings (SSSR count). The average molecular weight is 274 g/mol. The number of nitrogens with zero attached hydrogens (tertiary/aromatic N) is 3. The molecule has 0 saturated heterocycles. The van der Waals surface area contributed by atoms with Crippen LogP contribution >= 0.6 is 11.6 Å². The van der Waals surface area contributed by atoms with Gasteiger partial charge in [-0.3, -0.25) is 5.10 Å². The molecule has 1 fully saturated rings. The first-order chi connectivity index (χ1) is 9.24. The number of benzene rings is 1. The Morgan fingerprint density at radius 2 is 2.00 bits per heavy atom. The van der Waals surface area contributed by atoms with Crippen molar-refractivity contribution >= 4 is 28.5 Å². The molecule has 0 radical (unpaired) electrons. The van der Waals surface area contributed by atoms with Crippen molar-refractivity contribution in [2.45, 2.75) is 18.8 Å². The largest absolute Gasteiger partial charge is 0.383 e. The molecule has 0 spiro atoms. The van der Waals surface area contributed by atoms with Crippen LogP contribution in [0.1, 0.15) is 24.5 Å². The molecule has 6 heteroatoms. The van der Waals surface area contributed by atoms with E-state index < -0.39 is 0 Å². The third-order valence-electron chi connectivity index (χ3n) is 3.47. The van der Waals surface area contributed by atoms with Crippen molar-refractivity contribution in [3.63, 3.8) is 0 Å². The van der Waals surface area contributed by atoms with Crippen LogP contribution in [-0.2, 0) is 0 Å². The number of rotatable bonds is 2. The highest BCUT2D eigenvalue weighted by Gasteiger charge is 2.31. The van der Waals surface area contributed by atoms with E-state index in [1.54, 1.807) is 0 Å². The molecule has 2 heterocycles. The molecule has 96 valence electrons. The van der Waals surface area contributed by atoms with Crippen LogP contribution in [0.5, 0.6) is 0 Å². The average Bonchev–Trinajstić information content (AvgIpc) is 3.08. The maximum absolute atomic E-state index is 5.97. The van der Waals surface area contributed by atoms with Crippen LogP contribution in [0.3, 0.4) is 0 Å². The lowest BCUT2D eigenvalue weighted by molar-refractivity contribution is 0.840. The zero-order valence-corrected chi connectivity index (χ0v) is 10.9. The van der Waals surface area contributed by atoms with Gasteiger partial charge in [0.15, 0.2) is 5.65 Å². The number of fused-ring (bicyclic) bond motifs is 1. The second kappa shape index (κ2) is 3.74. The summed E-state index contributed by atoms with van der Waals surface area (Å²) in [6.45, 7) is 0. The lowest BCUT2D eigenvalue weighted by Gasteiger charge is -2.01. The van der Waals surface area contributed by atoms with E-state index in [0.29, 0.717) is 16.8 Å². The minimum atomic E-state index is 0.524. The smallest absolute Gasteiger partial charge is 0.186 e. The summed E-state index contributed by atoms with van der Waals surface area (Å²) in [5, 5.41) is 13.5. The van der Waals surface area contributed by atoms with E-state index >= 15 is 0 Å². The van der Waals surface area contributed by atoms with Gasteiger partial charge in [-0.1, -0.05) is 11.6 Å². The van der Waals surface area contributed by atoms with Crippen LogP contribution in [0.2, 0.25) is 5.02 Å². The van der Waals surface area contributed by atoms with E-state index in [1.807, 2.05) is 28.9 Å². The summed E-state index contributed by atoms with van der Waals surface area (Å²) in [5.74, 6) is 1.12. The van der Waals surface area contributed by atoms with Gasteiger partial charge in [0.25, 0.3) is 0 Å². The third kappa shape index (κ3) is 1.62. The Labute approximate surface area is 114 Å². The monoisotopic (exact) mass is 273 g/mol. The summed E-state index contributed by atoms with van der Waals surface area (Å²) in [6, 6.07) is 7.54. The highest BCUT2D eigenvalue weighted by molar-refractivity contribution is 6.30. The van der Waals surface area contributed by atoms with Crippen molar-refractivity contribution in [3.05, 3.63) is 35.0 Å². The molecule has 5 nitrogen and oxygen atoms in total. The molecule has 0 atom stereocenters. The quantitative estimate of drug-likeness (QED) is 0.754. The summed E-state index contributed by atoms with van der Waals surface area (Å²) in [7, 11) is 0. The van der Waals surface area contributed by atoms with Gasteiger partial charge < -0.3 is 5.73 Å². The van der Waals surface area contributed by atoms with E-state index in [4.69, 9.17) is 17.3 Å².